The second-order valence-electron chi connectivity index (χ2n) is 4.50. The molecule has 1 amide bonds. The summed E-state index contributed by atoms with van der Waals surface area (Å²) in [5, 5.41) is 8.10. The molecule has 6 nitrogen and oxygen atoms in total. The predicted octanol–water partition coefficient (Wildman–Crippen LogP) is 2.23. The largest absolute Gasteiger partial charge is 0.323 e. The van der Waals surface area contributed by atoms with Gasteiger partial charge in [-0.05, 0) is 12.1 Å². The number of fused-ring (bicyclic) bond motifs is 1. The Bertz CT molecular complexity index is 835. The molecule has 1 N–H and O–H groups in total. The van der Waals surface area contributed by atoms with Crippen molar-refractivity contribution in [1.82, 2.24) is 19.7 Å². The number of hydrogen-bond donors (Lipinski definition) is 1. The molecule has 0 fully saturated rings. The second-order valence-corrected chi connectivity index (χ2v) is 5.47. The topological polar surface area (TPSA) is 72.7 Å². The van der Waals surface area contributed by atoms with Gasteiger partial charge in [0, 0.05) is 7.05 Å². The number of aromatic nitrogens is 4. The fourth-order valence-electron chi connectivity index (χ4n) is 1.94. The van der Waals surface area contributed by atoms with Crippen molar-refractivity contribution in [2.45, 2.75) is 5.03 Å². The van der Waals surface area contributed by atoms with Crippen LogP contribution in [0.4, 0.5) is 10.1 Å². The number of anilines is 1. The number of thioether (sulfide) groups is 1. The summed E-state index contributed by atoms with van der Waals surface area (Å²) in [6.45, 7) is 0. The van der Waals surface area contributed by atoms with Gasteiger partial charge in [-0.15, -0.1) is 0 Å². The van der Waals surface area contributed by atoms with Gasteiger partial charge in [-0.3, -0.25) is 9.48 Å². The van der Waals surface area contributed by atoms with Crippen molar-refractivity contribution in [2.24, 2.45) is 7.05 Å². The van der Waals surface area contributed by atoms with Crippen LogP contribution in [0.1, 0.15) is 0 Å². The summed E-state index contributed by atoms with van der Waals surface area (Å²) in [5.41, 5.74) is 0.870. The quantitative estimate of drug-likeness (QED) is 0.590. The van der Waals surface area contributed by atoms with E-state index < -0.39 is 5.82 Å². The molecule has 0 aliphatic heterocycles. The van der Waals surface area contributed by atoms with E-state index in [1.54, 1.807) is 30.1 Å². The number of halogens is 1. The van der Waals surface area contributed by atoms with Crippen LogP contribution in [0, 0.1) is 5.82 Å². The van der Waals surface area contributed by atoms with Gasteiger partial charge in [0.15, 0.2) is 5.65 Å². The zero-order chi connectivity index (χ0) is 15.5. The fourth-order valence-corrected chi connectivity index (χ4v) is 2.70. The Kier molecular flexibility index (Phi) is 4.01. The van der Waals surface area contributed by atoms with Crippen molar-refractivity contribution in [3.05, 3.63) is 42.6 Å². The molecule has 112 valence electrons. The molecule has 0 spiro atoms. The SMILES string of the molecule is Cn1ncc2c(SCC(=O)Nc3ccccc3F)ncnc21. The van der Waals surface area contributed by atoms with Crippen LogP contribution < -0.4 is 5.32 Å². The van der Waals surface area contributed by atoms with Crippen LogP contribution in [0.5, 0.6) is 0 Å². The highest BCUT2D eigenvalue weighted by atomic mass is 32.2. The van der Waals surface area contributed by atoms with E-state index in [4.69, 9.17) is 0 Å². The normalized spacial score (nSPS) is 10.8. The highest BCUT2D eigenvalue weighted by Crippen LogP contribution is 2.24. The van der Waals surface area contributed by atoms with Crippen LogP contribution in [0.15, 0.2) is 41.8 Å². The summed E-state index contributed by atoms with van der Waals surface area (Å²) >= 11 is 1.26. The Morgan fingerprint density at radius 3 is 3.00 bits per heavy atom. The van der Waals surface area contributed by atoms with Crippen molar-refractivity contribution in [3.8, 4) is 0 Å². The van der Waals surface area contributed by atoms with Crippen LogP contribution in [-0.4, -0.2) is 31.4 Å². The zero-order valence-electron chi connectivity index (χ0n) is 11.7. The van der Waals surface area contributed by atoms with Crippen molar-refractivity contribution in [3.63, 3.8) is 0 Å². The van der Waals surface area contributed by atoms with Gasteiger partial charge < -0.3 is 5.32 Å². The number of benzene rings is 1. The third-order valence-electron chi connectivity index (χ3n) is 2.98. The maximum Gasteiger partial charge on any atom is 0.234 e. The zero-order valence-corrected chi connectivity index (χ0v) is 12.5. The summed E-state index contributed by atoms with van der Waals surface area (Å²) < 4.78 is 15.1. The fraction of sp³-hybridized carbons (Fsp3) is 0.143. The standard InChI is InChI=1S/C14H12FN5OS/c1-20-13-9(6-18-20)14(17-8-16-13)22-7-12(21)19-11-5-3-2-4-10(11)15/h2-6,8H,7H2,1H3,(H,19,21). The minimum Gasteiger partial charge on any atom is -0.323 e. The molecule has 2 heterocycles. The van der Waals surface area contributed by atoms with Gasteiger partial charge in [0.2, 0.25) is 5.91 Å². The van der Waals surface area contributed by atoms with Gasteiger partial charge in [0.25, 0.3) is 0 Å². The number of para-hydroxylation sites is 1. The minimum absolute atomic E-state index is 0.120. The van der Waals surface area contributed by atoms with Crippen molar-refractivity contribution < 1.29 is 9.18 Å². The minimum atomic E-state index is -0.461. The molecule has 0 saturated carbocycles. The summed E-state index contributed by atoms with van der Waals surface area (Å²) in [6, 6.07) is 6.05. The molecule has 3 aromatic rings. The van der Waals surface area contributed by atoms with Crippen LogP contribution in [0.2, 0.25) is 0 Å². The molecule has 0 aliphatic carbocycles. The van der Waals surface area contributed by atoms with Crippen molar-refractivity contribution in [1.29, 1.82) is 0 Å². The van der Waals surface area contributed by atoms with Crippen LogP contribution in [0.25, 0.3) is 11.0 Å². The molecular formula is C14H12FN5OS. The van der Waals surface area contributed by atoms with E-state index in [0.29, 0.717) is 10.7 Å². The van der Waals surface area contributed by atoms with Gasteiger partial charge in [0.05, 0.1) is 23.0 Å². The van der Waals surface area contributed by atoms with Crippen molar-refractivity contribution in [2.75, 3.05) is 11.1 Å². The lowest BCUT2D eigenvalue weighted by Gasteiger charge is -2.06. The Hall–Kier alpha value is -2.48. The van der Waals surface area contributed by atoms with E-state index in [1.807, 2.05) is 0 Å². The number of carbonyl (C=O) groups is 1. The van der Waals surface area contributed by atoms with Gasteiger partial charge in [-0.1, -0.05) is 23.9 Å². The Balaban J connectivity index is 1.69. The van der Waals surface area contributed by atoms with E-state index in [0.717, 1.165) is 5.39 Å². The summed E-state index contributed by atoms with van der Waals surface area (Å²) in [7, 11) is 1.79. The van der Waals surface area contributed by atoms with Crippen LogP contribution >= 0.6 is 11.8 Å². The molecule has 0 saturated heterocycles. The average Bonchev–Trinajstić information content (AvgIpc) is 2.90. The van der Waals surface area contributed by atoms with Gasteiger partial charge in [-0.25, -0.2) is 14.4 Å². The first-order valence-corrected chi connectivity index (χ1v) is 7.43. The molecule has 0 aliphatic rings. The van der Waals surface area contributed by atoms with E-state index in [2.05, 4.69) is 20.4 Å². The number of nitrogens with zero attached hydrogens (tertiary/aromatic N) is 4. The van der Waals surface area contributed by atoms with E-state index in [9.17, 15) is 9.18 Å². The molecule has 0 bridgehead atoms. The van der Waals surface area contributed by atoms with Gasteiger partial charge >= 0.3 is 0 Å². The average molecular weight is 317 g/mol. The van der Waals surface area contributed by atoms with Gasteiger partial charge in [0.1, 0.15) is 17.2 Å². The summed E-state index contributed by atoms with van der Waals surface area (Å²) in [4.78, 5) is 20.2. The second kappa shape index (κ2) is 6.10. The first-order valence-electron chi connectivity index (χ1n) is 6.45. The predicted molar refractivity (Wildman–Crippen MR) is 82.1 cm³/mol. The molecule has 1 aromatic carbocycles. The summed E-state index contributed by atoms with van der Waals surface area (Å²) in [6.07, 6.45) is 3.09. The van der Waals surface area contributed by atoms with Crippen LogP contribution in [-0.2, 0) is 11.8 Å². The molecule has 3 rings (SSSR count). The lowest BCUT2D eigenvalue weighted by atomic mass is 10.3. The molecule has 8 heteroatoms. The number of amides is 1. The number of aryl methyl sites for hydroxylation is 1. The molecule has 0 unspecified atom stereocenters. The van der Waals surface area contributed by atoms with Crippen LogP contribution in [0.3, 0.4) is 0 Å². The Morgan fingerprint density at radius 2 is 2.18 bits per heavy atom. The summed E-state index contributed by atoms with van der Waals surface area (Å²) in [5.74, 6) is -0.640. The Morgan fingerprint density at radius 1 is 1.36 bits per heavy atom. The maximum absolute atomic E-state index is 13.5. The number of hydrogen-bond acceptors (Lipinski definition) is 5. The third-order valence-corrected chi connectivity index (χ3v) is 3.99. The lowest BCUT2D eigenvalue weighted by molar-refractivity contribution is -0.113. The first kappa shape index (κ1) is 14.5. The molecule has 0 radical (unpaired) electrons. The van der Waals surface area contributed by atoms with E-state index >= 15 is 0 Å². The Labute approximate surface area is 129 Å². The molecule has 2 aromatic heterocycles. The molecule has 22 heavy (non-hydrogen) atoms. The highest BCUT2D eigenvalue weighted by Gasteiger charge is 2.11. The van der Waals surface area contributed by atoms with Crippen molar-refractivity contribution >= 4 is 34.4 Å². The number of rotatable bonds is 4. The monoisotopic (exact) mass is 317 g/mol. The highest BCUT2D eigenvalue weighted by molar-refractivity contribution is 8.00. The smallest absolute Gasteiger partial charge is 0.234 e. The van der Waals surface area contributed by atoms with E-state index in [-0.39, 0.29) is 17.3 Å². The number of carbonyl (C=O) groups excluding carboxylic acids is 1. The van der Waals surface area contributed by atoms with Gasteiger partial charge in [-0.2, -0.15) is 5.10 Å². The maximum atomic E-state index is 13.5. The number of nitrogens with one attached hydrogen (secondary N) is 1. The molecule has 0 atom stereocenters. The molecular weight excluding hydrogens is 305 g/mol. The lowest BCUT2D eigenvalue weighted by Crippen LogP contribution is -2.15. The van der Waals surface area contributed by atoms with E-state index in [1.165, 1.54) is 30.2 Å². The third kappa shape index (κ3) is 2.91. The first-order chi connectivity index (χ1) is 10.6.